The molecule has 0 saturated carbocycles. The first kappa shape index (κ1) is 15.5. The average Bonchev–Trinajstić information content (AvgIpc) is 2.91. The molecule has 2 rings (SSSR count). The largest absolute Gasteiger partial charge is 0.337 e. The van der Waals surface area contributed by atoms with Crippen molar-refractivity contribution >= 4 is 11.6 Å². The molecular weight excluding hydrogens is 272 g/mol. The highest BCUT2D eigenvalue weighted by molar-refractivity contribution is 5.94. The Morgan fingerprint density at radius 3 is 2.90 bits per heavy atom. The highest BCUT2D eigenvalue weighted by atomic mass is 16.6. The molecule has 0 aromatic carbocycles. The zero-order valence-electron chi connectivity index (χ0n) is 12.3. The highest BCUT2D eigenvalue weighted by Crippen LogP contribution is 2.23. The van der Waals surface area contributed by atoms with Crippen LogP contribution in [0.25, 0.3) is 0 Å². The van der Waals surface area contributed by atoms with Gasteiger partial charge in [-0.15, -0.1) is 0 Å². The van der Waals surface area contributed by atoms with Gasteiger partial charge in [-0.05, 0) is 25.7 Å². The monoisotopic (exact) mass is 294 g/mol. The zero-order chi connectivity index (χ0) is 15.4. The van der Waals surface area contributed by atoms with Gasteiger partial charge in [0.25, 0.3) is 11.6 Å². The molecule has 1 aliphatic rings. The third kappa shape index (κ3) is 3.24. The molecule has 1 aliphatic heterocycles. The Hall–Kier alpha value is -1.89. The summed E-state index contributed by atoms with van der Waals surface area (Å²) in [5, 5.41) is 10.9. The van der Waals surface area contributed by atoms with E-state index >= 15 is 0 Å². The van der Waals surface area contributed by atoms with Crippen molar-refractivity contribution in [3.05, 3.63) is 28.1 Å². The minimum Gasteiger partial charge on any atom is -0.337 e. The quantitative estimate of drug-likeness (QED) is 0.661. The van der Waals surface area contributed by atoms with Crippen molar-refractivity contribution in [3.63, 3.8) is 0 Å². The maximum absolute atomic E-state index is 12.7. The van der Waals surface area contributed by atoms with E-state index in [4.69, 9.17) is 5.73 Å². The smallest absolute Gasteiger partial charge is 0.287 e. The fraction of sp³-hybridized carbons (Fsp3) is 0.643. The van der Waals surface area contributed by atoms with Gasteiger partial charge >= 0.3 is 0 Å². The van der Waals surface area contributed by atoms with Gasteiger partial charge in [-0.2, -0.15) is 0 Å². The molecule has 21 heavy (non-hydrogen) atoms. The second kappa shape index (κ2) is 6.71. The molecule has 1 fully saturated rings. The van der Waals surface area contributed by atoms with Crippen molar-refractivity contribution in [2.45, 2.75) is 45.2 Å². The molecule has 0 aliphatic carbocycles. The summed E-state index contributed by atoms with van der Waals surface area (Å²) >= 11 is 0. The van der Waals surface area contributed by atoms with Crippen LogP contribution in [-0.2, 0) is 6.54 Å². The SMILES string of the molecule is CCCn1cc([N+](=O)[O-])cc1C(=O)N1CCCCC1CN. The first-order valence-corrected chi connectivity index (χ1v) is 7.44. The Morgan fingerprint density at radius 2 is 2.29 bits per heavy atom. The lowest BCUT2D eigenvalue weighted by atomic mass is 10.0. The fourth-order valence-electron chi connectivity index (χ4n) is 2.86. The molecule has 7 heteroatoms. The number of carbonyl (C=O) groups excluding carboxylic acids is 1. The van der Waals surface area contributed by atoms with Crippen LogP contribution in [0.4, 0.5) is 5.69 Å². The van der Waals surface area contributed by atoms with Gasteiger partial charge in [0.2, 0.25) is 0 Å². The number of hydrogen-bond donors (Lipinski definition) is 1. The topological polar surface area (TPSA) is 94.4 Å². The summed E-state index contributed by atoms with van der Waals surface area (Å²) in [5.74, 6) is -0.147. The lowest BCUT2D eigenvalue weighted by Gasteiger charge is -2.35. The normalized spacial score (nSPS) is 18.8. The maximum Gasteiger partial charge on any atom is 0.287 e. The number of amides is 1. The lowest BCUT2D eigenvalue weighted by molar-refractivity contribution is -0.384. The van der Waals surface area contributed by atoms with Crippen molar-refractivity contribution in [3.8, 4) is 0 Å². The molecule has 1 saturated heterocycles. The van der Waals surface area contributed by atoms with E-state index in [0.717, 1.165) is 25.7 Å². The molecular formula is C14H22N4O3. The van der Waals surface area contributed by atoms with E-state index in [-0.39, 0.29) is 17.6 Å². The van der Waals surface area contributed by atoms with Gasteiger partial charge in [-0.1, -0.05) is 6.92 Å². The van der Waals surface area contributed by atoms with Crippen molar-refractivity contribution in [1.29, 1.82) is 0 Å². The van der Waals surface area contributed by atoms with Crippen LogP contribution in [0.15, 0.2) is 12.3 Å². The molecule has 1 unspecified atom stereocenters. The van der Waals surface area contributed by atoms with Gasteiger partial charge in [-0.3, -0.25) is 14.9 Å². The molecule has 0 spiro atoms. The Kier molecular flexibility index (Phi) is 4.95. The second-order valence-corrected chi connectivity index (χ2v) is 5.42. The van der Waals surface area contributed by atoms with Crippen LogP contribution in [-0.4, -0.2) is 39.4 Å². The van der Waals surface area contributed by atoms with Crippen LogP contribution < -0.4 is 5.73 Å². The summed E-state index contributed by atoms with van der Waals surface area (Å²) < 4.78 is 1.68. The molecule has 2 heterocycles. The van der Waals surface area contributed by atoms with E-state index in [1.807, 2.05) is 6.92 Å². The number of aromatic nitrogens is 1. The molecule has 1 atom stereocenters. The minimum absolute atomic E-state index is 0.0342. The van der Waals surface area contributed by atoms with Crippen molar-refractivity contribution in [2.24, 2.45) is 5.73 Å². The first-order chi connectivity index (χ1) is 10.1. The number of nitrogens with zero attached hydrogens (tertiary/aromatic N) is 3. The van der Waals surface area contributed by atoms with Crippen LogP contribution in [0.5, 0.6) is 0 Å². The number of rotatable bonds is 5. The number of likely N-dealkylation sites (tertiary alicyclic amines) is 1. The summed E-state index contributed by atoms with van der Waals surface area (Å²) in [6, 6.07) is 1.41. The van der Waals surface area contributed by atoms with Crippen molar-refractivity contribution < 1.29 is 9.72 Å². The molecule has 1 aromatic rings. The van der Waals surface area contributed by atoms with Crippen molar-refractivity contribution in [1.82, 2.24) is 9.47 Å². The molecule has 7 nitrogen and oxygen atoms in total. The first-order valence-electron chi connectivity index (χ1n) is 7.44. The van der Waals surface area contributed by atoms with E-state index in [0.29, 0.717) is 25.3 Å². The third-order valence-corrected chi connectivity index (χ3v) is 3.94. The average molecular weight is 294 g/mol. The molecule has 116 valence electrons. The van der Waals surface area contributed by atoms with Crippen LogP contribution in [0.1, 0.15) is 43.1 Å². The van der Waals surface area contributed by atoms with Gasteiger partial charge in [0, 0.05) is 31.7 Å². The third-order valence-electron chi connectivity index (χ3n) is 3.94. The Morgan fingerprint density at radius 1 is 1.52 bits per heavy atom. The van der Waals surface area contributed by atoms with E-state index in [1.54, 1.807) is 9.47 Å². The second-order valence-electron chi connectivity index (χ2n) is 5.42. The Balaban J connectivity index is 2.30. The van der Waals surface area contributed by atoms with Gasteiger partial charge < -0.3 is 15.2 Å². The van der Waals surface area contributed by atoms with Gasteiger partial charge in [0.15, 0.2) is 0 Å². The summed E-state index contributed by atoms with van der Waals surface area (Å²) in [5.41, 5.74) is 6.11. The van der Waals surface area contributed by atoms with E-state index in [1.165, 1.54) is 12.3 Å². The summed E-state index contributed by atoms with van der Waals surface area (Å²) in [6.07, 6.45) is 5.18. The summed E-state index contributed by atoms with van der Waals surface area (Å²) in [4.78, 5) is 25.0. The number of nitrogens with two attached hydrogens (primary N) is 1. The number of carbonyl (C=O) groups is 1. The molecule has 1 amide bonds. The van der Waals surface area contributed by atoms with Gasteiger partial charge in [-0.25, -0.2) is 0 Å². The standard InChI is InChI=1S/C14H22N4O3/c1-2-6-16-10-12(18(20)21)8-13(16)14(19)17-7-4-3-5-11(17)9-15/h8,10-11H,2-7,9,15H2,1H3. The fourth-order valence-corrected chi connectivity index (χ4v) is 2.86. The minimum atomic E-state index is -0.459. The molecule has 1 aromatic heterocycles. The van der Waals surface area contributed by atoms with E-state index in [2.05, 4.69) is 0 Å². The molecule has 0 radical (unpaired) electrons. The number of piperidine rings is 1. The Labute approximate surface area is 123 Å². The van der Waals surface area contributed by atoms with Crippen molar-refractivity contribution in [2.75, 3.05) is 13.1 Å². The predicted molar refractivity (Wildman–Crippen MR) is 79.1 cm³/mol. The van der Waals surface area contributed by atoms with Crippen LogP contribution in [0.3, 0.4) is 0 Å². The Bertz CT molecular complexity index is 526. The maximum atomic E-state index is 12.7. The number of nitro groups is 1. The van der Waals surface area contributed by atoms with E-state index < -0.39 is 4.92 Å². The van der Waals surface area contributed by atoms with Crippen LogP contribution >= 0.6 is 0 Å². The summed E-state index contributed by atoms with van der Waals surface area (Å²) in [6.45, 7) is 3.67. The predicted octanol–water partition coefficient (Wildman–Crippen LogP) is 1.76. The lowest BCUT2D eigenvalue weighted by Crippen LogP contribution is -2.47. The van der Waals surface area contributed by atoms with Crippen LogP contribution in [0, 0.1) is 10.1 Å². The zero-order valence-corrected chi connectivity index (χ0v) is 12.3. The van der Waals surface area contributed by atoms with Crippen LogP contribution in [0.2, 0.25) is 0 Å². The van der Waals surface area contributed by atoms with Gasteiger partial charge in [0.05, 0.1) is 11.1 Å². The molecule has 0 bridgehead atoms. The highest BCUT2D eigenvalue weighted by Gasteiger charge is 2.29. The van der Waals surface area contributed by atoms with Gasteiger partial charge in [0.1, 0.15) is 5.69 Å². The van der Waals surface area contributed by atoms with E-state index in [9.17, 15) is 14.9 Å². The number of hydrogen-bond acceptors (Lipinski definition) is 4. The molecule has 2 N–H and O–H groups in total. The number of aryl methyl sites for hydroxylation is 1. The summed E-state index contributed by atoms with van der Waals surface area (Å²) in [7, 11) is 0.